The highest BCUT2D eigenvalue weighted by atomic mass is 32.2. The predicted octanol–water partition coefficient (Wildman–Crippen LogP) is 2.75. The van der Waals surface area contributed by atoms with Gasteiger partial charge < -0.3 is 4.90 Å². The number of rotatable bonds is 4. The Labute approximate surface area is 126 Å². The molecule has 0 aromatic heterocycles. The lowest BCUT2D eigenvalue weighted by Gasteiger charge is -2.28. The summed E-state index contributed by atoms with van der Waals surface area (Å²) in [6, 6.07) is 5.39. The summed E-state index contributed by atoms with van der Waals surface area (Å²) in [5.74, 6) is -0.0671. The summed E-state index contributed by atoms with van der Waals surface area (Å²) in [6.45, 7) is 5.94. The third-order valence-corrected chi connectivity index (χ3v) is 5.12. The molecule has 0 spiro atoms. The molecule has 5 heteroatoms. The van der Waals surface area contributed by atoms with Crippen molar-refractivity contribution in [2.45, 2.75) is 39.7 Å². The summed E-state index contributed by atoms with van der Waals surface area (Å²) in [5, 5.41) is 1.21. The topological polar surface area (TPSA) is 54.5 Å². The van der Waals surface area contributed by atoms with Crippen molar-refractivity contribution in [2.24, 2.45) is 0 Å². The van der Waals surface area contributed by atoms with Crippen LogP contribution in [0.25, 0.3) is 0 Å². The fourth-order valence-corrected chi connectivity index (χ4v) is 3.72. The van der Waals surface area contributed by atoms with Gasteiger partial charge in [-0.25, -0.2) is 8.42 Å². The number of carbonyl (C=O) groups excluding carboxylic acids is 1. The van der Waals surface area contributed by atoms with E-state index >= 15 is 0 Å². The molecule has 0 saturated heterocycles. The summed E-state index contributed by atoms with van der Waals surface area (Å²) in [6.07, 6.45) is 2.76. The maximum Gasteiger partial charge on any atom is 0.227 e. The van der Waals surface area contributed by atoms with E-state index in [1.807, 2.05) is 39.0 Å². The molecule has 0 aliphatic carbocycles. The number of amides is 1. The molecular formula is C16H21NO3S. The number of nitrogens with zero attached hydrogens (tertiary/aromatic N) is 1. The highest BCUT2D eigenvalue weighted by Gasteiger charge is 2.31. The van der Waals surface area contributed by atoms with E-state index in [1.165, 1.54) is 5.41 Å². The van der Waals surface area contributed by atoms with Crippen LogP contribution in [0.3, 0.4) is 0 Å². The number of aryl methyl sites for hydroxylation is 2. The molecule has 4 nitrogen and oxygen atoms in total. The van der Waals surface area contributed by atoms with Gasteiger partial charge in [0.05, 0.1) is 11.8 Å². The van der Waals surface area contributed by atoms with Gasteiger partial charge in [0.2, 0.25) is 5.91 Å². The molecule has 1 aliphatic rings. The Balaban J connectivity index is 2.39. The first-order valence-corrected chi connectivity index (χ1v) is 8.86. The molecule has 1 aromatic carbocycles. The van der Waals surface area contributed by atoms with Gasteiger partial charge in [0.25, 0.3) is 0 Å². The largest absolute Gasteiger partial charge is 0.304 e. The van der Waals surface area contributed by atoms with Crippen molar-refractivity contribution in [1.29, 1.82) is 0 Å². The Morgan fingerprint density at radius 2 is 2.00 bits per heavy atom. The van der Waals surface area contributed by atoms with E-state index in [0.717, 1.165) is 23.2 Å². The lowest BCUT2D eigenvalue weighted by Crippen LogP contribution is -2.41. The van der Waals surface area contributed by atoms with Crippen molar-refractivity contribution in [3.63, 3.8) is 0 Å². The second-order valence-electron chi connectivity index (χ2n) is 5.51. The third kappa shape index (κ3) is 3.53. The second-order valence-corrected chi connectivity index (χ2v) is 7.44. The first-order valence-electron chi connectivity index (χ1n) is 7.14. The van der Waals surface area contributed by atoms with Gasteiger partial charge in [0.15, 0.2) is 9.84 Å². The van der Waals surface area contributed by atoms with Crippen LogP contribution in [0.4, 0.5) is 5.69 Å². The number of anilines is 1. The fraction of sp³-hybridized carbons (Fsp3) is 0.438. The lowest BCUT2D eigenvalue weighted by atomic mass is 10.1. The highest BCUT2D eigenvalue weighted by molar-refractivity contribution is 7.94. The van der Waals surface area contributed by atoms with E-state index < -0.39 is 15.9 Å². The lowest BCUT2D eigenvalue weighted by molar-refractivity contribution is -0.118. The molecule has 1 amide bonds. The molecule has 0 saturated carbocycles. The first-order chi connectivity index (χ1) is 9.84. The zero-order valence-corrected chi connectivity index (χ0v) is 13.5. The van der Waals surface area contributed by atoms with E-state index in [4.69, 9.17) is 0 Å². The van der Waals surface area contributed by atoms with Crippen LogP contribution in [0.15, 0.2) is 29.7 Å². The van der Waals surface area contributed by atoms with Crippen molar-refractivity contribution in [1.82, 2.24) is 0 Å². The van der Waals surface area contributed by atoms with E-state index in [1.54, 1.807) is 11.0 Å². The van der Waals surface area contributed by atoms with Crippen LogP contribution in [-0.2, 0) is 14.6 Å². The molecule has 0 fully saturated rings. The van der Waals surface area contributed by atoms with Crippen molar-refractivity contribution < 1.29 is 13.2 Å². The van der Waals surface area contributed by atoms with Crippen LogP contribution in [0.2, 0.25) is 0 Å². The number of benzene rings is 1. The van der Waals surface area contributed by atoms with E-state index in [-0.39, 0.29) is 11.7 Å². The normalized spacial score (nSPS) is 19.7. The van der Waals surface area contributed by atoms with Crippen LogP contribution in [0.1, 0.15) is 30.9 Å². The molecule has 0 bridgehead atoms. The summed E-state index contributed by atoms with van der Waals surface area (Å²) in [7, 11) is -3.19. The molecular weight excluding hydrogens is 286 g/mol. The van der Waals surface area contributed by atoms with Gasteiger partial charge in [-0.1, -0.05) is 13.0 Å². The Bertz CT molecular complexity index is 677. The Hall–Kier alpha value is -1.62. The Morgan fingerprint density at radius 3 is 2.52 bits per heavy atom. The molecule has 1 heterocycles. The summed E-state index contributed by atoms with van der Waals surface area (Å²) in [5.41, 5.74) is 3.01. The Morgan fingerprint density at radius 1 is 1.29 bits per heavy atom. The van der Waals surface area contributed by atoms with Crippen molar-refractivity contribution in [3.8, 4) is 0 Å². The van der Waals surface area contributed by atoms with Gasteiger partial charge in [-0.05, 0) is 49.6 Å². The molecule has 0 radical (unpaired) electrons. The van der Waals surface area contributed by atoms with Gasteiger partial charge >= 0.3 is 0 Å². The zero-order valence-electron chi connectivity index (χ0n) is 12.7. The minimum Gasteiger partial charge on any atom is -0.304 e. The Kier molecular flexibility index (Phi) is 4.52. The average molecular weight is 307 g/mol. The number of carbonyl (C=O) groups is 1. The van der Waals surface area contributed by atoms with Crippen LogP contribution < -0.4 is 4.90 Å². The molecule has 114 valence electrons. The minimum absolute atomic E-state index is 0.0324. The average Bonchev–Trinajstić information content (AvgIpc) is 2.74. The SMILES string of the molecule is CCCC(=O)N(c1ccc(C)c(C)c1)C1C=CS(=O)(=O)C1. The van der Waals surface area contributed by atoms with Gasteiger partial charge in [-0.3, -0.25) is 4.79 Å². The third-order valence-electron chi connectivity index (χ3n) is 3.74. The standard InChI is InChI=1S/C16H21NO3S/c1-4-5-16(18)17(15-8-9-21(19,20)11-15)14-7-6-12(2)13(3)10-14/h6-10,15H,4-5,11H2,1-3H3. The van der Waals surface area contributed by atoms with Crippen LogP contribution in [-0.4, -0.2) is 26.1 Å². The quantitative estimate of drug-likeness (QED) is 0.859. The molecule has 1 aromatic rings. The van der Waals surface area contributed by atoms with Crippen LogP contribution >= 0.6 is 0 Å². The number of sulfone groups is 1. The predicted molar refractivity (Wildman–Crippen MR) is 85.0 cm³/mol. The van der Waals surface area contributed by atoms with Crippen molar-refractivity contribution in [3.05, 3.63) is 40.8 Å². The van der Waals surface area contributed by atoms with E-state index in [0.29, 0.717) is 6.42 Å². The van der Waals surface area contributed by atoms with Gasteiger partial charge in [0.1, 0.15) is 0 Å². The van der Waals surface area contributed by atoms with Gasteiger partial charge in [-0.15, -0.1) is 0 Å². The molecule has 0 N–H and O–H groups in total. The van der Waals surface area contributed by atoms with Gasteiger partial charge in [0, 0.05) is 17.5 Å². The first kappa shape index (κ1) is 15.8. The van der Waals surface area contributed by atoms with Crippen LogP contribution in [0.5, 0.6) is 0 Å². The van der Waals surface area contributed by atoms with Gasteiger partial charge in [-0.2, -0.15) is 0 Å². The summed E-state index contributed by atoms with van der Waals surface area (Å²) in [4.78, 5) is 14.1. The summed E-state index contributed by atoms with van der Waals surface area (Å²) >= 11 is 0. The second kappa shape index (κ2) is 6.02. The fourth-order valence-electron chi connectivity index (χ4n) is 2.45. The van der Waals surface area contributed by atoms with Crippen molar-refractivity contribution >= 4 is 21.4 Å². The zero-order chi connectivity index (χ0) is 15.6. The summed E-state index contributed by atoms with van der Waals surface area (Å²) < 4.78 is 23.3. The maximum absolute atomic E-state index is 12.4. The number of hydrogen-bond donors (Lipinski definition) is 0. The molecule has 1 atom stereocenters. The van der Waals surface area contributed by atoms with Crippen molar-refractivity contribution in [2.75, 3.05) is 10.7 Å². The van der Waals surface area contributed by atoms with E-state index in [2.05, 4.69) is 0 Å². The monoisotopic (exact) mass is 307 g/mol. The molecule has 21 heavy (non-hydrogen) atoms. The molecule has 1 unspecified atom stereocenters. The van der Waals surface area contributed by atoms with E-state index in [9.17, 15) is 13.2 Å². The molecule has 2 rings (SSSR count). The highest BCUT2D eigenvalue weighted by Crippen LogP contribution is 2.26. The molecule has 1 aliphatic heterocycles. The maximum atomic E-state index is 12.4. The number of hydrogen-bond acceptors (Lipinski definition) is 3. The minimum atomic E-state index is -3.19. The van der Waals surface area contributed by atoms with Crippen LogP contribution in [0, 0.1) is 13.8 Å². The smallest absolute Gasteiger partial charge is 0.227 e.